The molecule has 2 aromatic rings. The number of ether oxygens (including phenoxy) is 1. The number of amides is 1. The first-order valence-electron chi connectivity index (χ1n) is 10.7. The highest BCUT2D eigenvalue weighted by Gasteiger charge is 2.33. The number of esters is 1. The highest BCUT2D eigenvalue weighted by Crippen LogP contribution is 2.30. The fourth-order valence-electron chi connectivity index (χ4n) is 3.61. The summed E-state index contributed by atoms with van der Waals surface area (Å²) in [5.41, 5.74) is -0.0163. The van der Waals surface area contributed by atoms with Crippen molar-refractivity contribution in [3.05, 3.63) is 71.5 Å². The molecule has 2 aromatic carbocycles. The van der Waals surface area contributed by atoms with Crippen LogP contribution in [-0.2, 0) is 29.4 Å². The number of likely N-dealkylation sites (N-methyl/N-ethyl adjacent to an activating group) is 1. The van der Waals surface area contributed by atoms with Gasteiger partial charge in [0.15, 0.2) is 16.4 Å². The van der Waals surface area contributed by atoms with Crippen LogP contribution in [0.25, 0.3) is 0 Å². The topological polar surface area (TPSA) is 118 Å². The fraction of sp³-hybridized carbons (Fsp3) is 0.304. The largest absolute Gasteiger partial charge is 0.452 e. The Morgan fingerprint density at radius 1 is 1.22 bits per heavy atom. The van der Waals surface area contributed by atoms with Crippen molar-refractivity contribution in [2.24, 2.45) is 0 Å². The van der Waals surface area contributed by atoms with E-state index < -0.39 is 55.1 Å². The summed E-state index contributed by atoms with van der Waals surface area (Å²) < 4.78 is 69.4. The number of benzene rings is 2. The molecule has 36 heavy (non-hydrogen) atoms. The maximum absolute atomic E-state index is 13.4. The number of anilines is 1. The molecule has 1 heterocycles. The normalized spacial score (nSPS) is 16.8. The van der Waals surface area contributed by atoms with E-state index in [2.05, 4.69) is 6.58 Å². The van der Waals surface area contributed by atoms with E-state index in [0.29, 0.717) is 6.42 Å². The third-order valence-electron chi connectivity index (χ3n) is 5.62. The molecule has 0 aliphatic carbocycles. The Morgan fingerprint density at radius 2 is 1.89 bits per heavy atom. The van der Waals surface area contributed by atoms with E-state index in [1.165, 1.54) is 42.3 Å². The van der Waals surface area contributed by atoms with Gasteiger partial charge in [-0.05, 0) is 48.9 Å². The molecule has 1 fully saturated rings. The molecule has 0 saturated carbocycles. The Bertz CT molecular complexity index is 1380. The number of carbonyl (C=O) groups is 2. The number of sulfone groups is 1. The molecule has 9 nitrogen and oxygen atoms in total. The van der Waals surface area contributed by atoms with E-state index >= 15 is 0 Å². The number of hydrogen-bond acceptors (Lipinski definition) is 7. The van der Waals surface area contributed by atoms with Crippen molar-refractivity contribution in [2.45, 2.75) is 17.4 Å². The summed E-state index contributed by atoms with van der Waals surface area (Å²) in [6, 6.07) is 7.74. The molecule has 1 saturated heterocycles. The molecule has 1 amide bonds. The highest BCUT2D eigenvalue weighted by molar-refractivity contribution is 7.93. The van der Waals surface area contributed by atoms with E-state index in [-0.39, 0.29) is 34.3 Å². The minimum absolute atomic E-state index is 0.0160. The summed E-state index contributed by atoms with van der Waals surface area (Å²) in [7, 11) is -6.09. The maximum Gasteiger partial charge on any atom is 0.338 e. The minimum atomic E-state index is -4.31. The van der Waals surface area contributed by atoms with Crippen molar-refractivity contribution >= 4 is 49.0 Å². The smallest absolute Gasteiger partial charge is 0.338 e. The van der Waals surface area contributed by atoms with Gasteiger partial charge in [0.2, 0.25) is 0 Å². The van der Waals surface area contributed by atoms with Crippen LogP contribution in [0.1, 0.15) is 16.8 Å². The van der Waals surface area contributed by atoms with Crippen LogP contribution in [0.5, 0.6) is 0 Å². The number of sulfonamides is 1. The lowest BCUT2D eigenvalue weighted by Crippen LogP contribution is -2.40. The summed E-state index contributed by atoms with van der Waals surface area (Å²) in [5, 5.41) is -0.166. The third kappa shape index (κ3) is 6.23. The first-order valence-corrected chi connectivity index (χ1v) is 14.3. The summed E-state index contributed by atoms with van der Waals surface area (Å²) in [6.07, 6.45) is 1.64. The molecule has 1 aliphatic rings. The lowest BCUT2D eigenvalue weighted by Gasteiger charge is -2.24. The molecule has 13 heteroatoms. The number of carbonyl (C=O) groups excluding carboxylic acids is 2. The molecule has 0 bridgehead atoms. The van der Waals surface area contributed by atoms with Gasteiger partial charge in [0, 0.05) is 13.1 Å². The van der Waals surface area contributed by atoms with E-state index in [1.807, 2.05) is 0 Å². The van der Waals surface area contributed by atoms with Gasteiger partial charge in [-0.15, -0.1) is 6.58 Å². The van der Waals surface area contributed by atoms with Crippen molar-refractivity contribution in [2.75, 3.05) is 36.0 Å². The molecule has 0 unspecified atom stereocenters. The average Bonchev–Trinajstić information content (AvgIpc) is 3.20. The SMILES string of the molecule is C=CCN(c1ccc(F)cc1)S(=O)(=O)c1cc(C(=O)OCC(=O)N(C)[C@@H]2CCS(=O)(=O)C2)ccc1Cl. The zero-order chi connectivity index (χ0) is 26.7. The van der Waals surface area contributed by atoms with Gasteiger partial charge in [-0.1, -0.05) is 17.7 Å². The monoisotopic (exact) mass is 558 g/mol. The Morgan fingerprint density at radius 3 is 2.47 bits per heavy atom. The predicted molar refractivity (Wildman–Crippen MR) is 133 cm³/mol. The van der Waals surface area contributed by atoms with Crippen molar-refractivity contribution in [1.29, 1.82) is 0 Å². The Kier molecular flexibility index (Phi) is 8.42. The number of rotatable bonds is 9. The highest BCUT2D eigenvalue weighted by atomic mass is 35.5. The second-order valence-corrected chi connectivity index (χ2v) is 12.6. The van der Waals surface area contributed by atoms with Gasteiger partial charge in [-0.2, -0.15) is 0 Å². The van der Waals surface area contributed by atoms with Crippen LogP contribution >= 0.6 is 11.6 Å². The molecule has 194 valence electrons. The zero-order valence-electron chi connectivity index (χ0n) is 19.3. The first-order chi connectivity index (χ1) is 16.9. The molecule has 0 spiro atoms. The van der Waals surface area contributed by atoms with Gasteiger partial charge in [-0.25, -0.2) is 26.0 Å². The van der Waals surface area contributed by atoms with Gasteiger partial charge in [0.1, 0.15) is 10.7 Å². The molecular weight excluding hydrogens is 535 g/mol. The van der Waals surface area contributed by atoms with Gasteiger partial charge < -0.3 is 9.64 Å². The zero-order valence-corrected chi connectivity index (χ0v) is 21.7. The molecule has 3 rings (SSSR count). The van der Waals surface area contributed by atoms with Gasteiger partial charge in [0.05, 0.1) is 34.3 Å². The molecule has 0 N–H and O–H groups in total. The van der Waals surface area contributed by atoms with Gasteiger partial charge >= 0.3 is 5.97 Å². The predicted octanol–water partition coefficient (Wildman–Crippen LogP) is 2.66. The van der Waals surface area contributed by atoms with Crippen molar-refractivity contribution in [1.82, 2.24) is 4.90 Å². The second-order valence-electron chi connectivity index (χ2n) is 8.08. The van der Waals surface area contributed by atoms with Gasteiger partial charge in [-0.3, -0.25) is 9.10 Å². The van der Waals surface area contributed by atoms with Crippen molar-refractivity contribution in [3.63, 3.8) is 0 Å². The first kappa shape index (κ1) is 27.6. The van der Waals surface area contributed by atoms with E-state index in [9.17, 15) is 30.8 Å². The average molecular weight is 559 g/mol. The number of nitrogens with zero attached hydrogens (tertiary/aromatic N) is 2. The van der Waals surface area contributed by atoms with Crippen LogP contribution in [0, 0.1) is 5.82 Å². The van der Waals surface area contributed by atoms with Gasteiger partial charge in [0.25, 0.3) is 15.9 Å². The molecule has 0 radical (unpaired) electrons. The number of hydrogen-bond donors (Lipinski definition) is 0. The fourth-order valence-corrected chi connectivity index (χ4v) is 7.32. The maximum atomic E-state index is 13.4. The van der Waals surface area contributed by atoms with Crippen LogP contribution < -0.4 is 4.31 Å². The van der Waals surface area contributed by atoms with Crippen molar-refractivity contribution in [3.8, 4) is 0 Å². The Hall–Kier alpha value is -2.96. The van der Waals surface area contributed by atoms with E-state index in [4.69, 9.17) is 16.3 Å². The van der Waals surface area contributed by atoms with Crippen LogP contribution in [0.2, 0.25) is 5.02 Å². The lowest BCUT2D eigenvalue weighted by molar-refractivity contribution is -0.134. The van der Waals surface area contributed by atoms with Crippen LogP contribution in [0.4, 0.5) is 10.1 Å². The van der Waals surface area contributed by atoms with Crippen LogP contribution in [0.3, 0.4) is 0 Å². The van der Waals surface area contributed by atoms with Crippen LogP contribution in [-0.4, -0.2) is 71.4 Å². The quantitative estimate of drug-likeness (QED) is 0.343. The standard InChI is InChI=1S/C23H24ClFN2O7S2/c1-3-11-27(18-7-5-17(25)6-8-18)36(32,33)21-13-16(4-9-20(21)24)23(29)34-14-22(28)26(2)19-10-12-35(30,31)15-19/h3-9,13,19H,1,10-12,14-15H2,2H3/t19-/m1/s1. The summed E-state index contributed by atoms with van der Waals surface area (Å²) in [4.78, 5) is 25.8. The van der Waals surface area contributed by atoms with Crippen LogP contribution in [0.15, 0.2) is 60.0 Å². The van der Waals surface area contributed by atoms with E-state index in [1.54, 1.807) is 0 Å². The molecule has 0 aromatic heterocycles. The lowest BCUT2D eigenvalue weighted by atomic mass is 10.2. The summed E-state index contributed by atoms with van der Waals surface area (Å²) in [5.74, 6) is -2.29. The van der Waals surface area contributed by atoms with E-state index in [0.717, 1.165) is 22.5 Å². The molecule has 1 atom stereocenters. The second kappa shape index (κ2) is 11.0. The van der Waals surface area contributed by atoms with Crippen molar-refractivity contribution < 1.29 is 35.6 Å². The number of halogens is 2. The molecular formula is C23H24ClFN2O7S2. The minimum Gasteiger partial charge on any atom is -0.452 e. The third-order valence-corrected chi connectivity index (χ3v) is 9.65. The summed E-state index contributed by atoms with van der Waals surface area (Å²) in [6.45, 7) is 2.74. The summed E-state index contributed by atoms with van der Waals surface area (Å²) >= 11 is 6.15. The molecule has 1 aliphatic heterocycles. The Balaban J connectivity index is 1.78. The Labute approximate surface area is 214 Å².